The zero-order chi connectivity index (χ0) is 43.4. The number of hydrogen-bond donors (Lipinski definition) is 0. The lowest BCUT2D eigenvalue weighted by atomic mass is 9.63. The second kappa shape index (κ2) is 20.0. The summed E-state index contributed by atoms with van der Waals surface area (Å²) >= 11 is 0. The highest BCUT2D eigenvalue weighted by atomic mass is 16.6. The van der Waals surface area contributed by atoms with Gasteiger partial charge in [0.1, 0.15) is 11.2 Å². The van der Waals surface area contributed by atoms with E-state index in [1.165, 1.54) is 0 Å². The van der Waals surface area contributed by atoms with Crippen molar-refractivity contribution in [2.75, 3.05) is 0 Å². The van der Waals surface area contributed by atoms with Gasteiger partial charge in [0, 0.05) is 11.3 Å². The molecule has 0 radical (unpaired) electrons. The zero-order valence-electron chi connectivity index (χ0n) is 36.6. The predicted octanol–water partition coefficient (Wildman–Crippen LogP) is 12.0. The molecule has 0 amide bonds. The van der Waals surface area contributed by atoms with Gasteiger partial charge in [0.2, 0.25) is 0 Å². The molecule has 0 N–H and O–H groups in total. The van der Waals surface area contributed by atoms with Gasteiger partial charge < -0.3 is 18.9 Å². The number of hydrogen-bond acceptors (Lipinski definition) is 8. The van der Waals surface area contributed by atoms with Crippen LogP contribution in [0.5, 0.6) is 0 Å². The Hall–Kier alpha value is -5.24. The van der Waals surface area contributed by atoms with Crippen molar-refractivity contribution < 1.29 is 38.1 Å². The second-order valence-corrected chi connectivity index (χ2v) is 16.7. The van der Waals surface area contributed by atoms with E-state index < -0.39 is 51.7 Å². The van der Waals surface area contributed by atoms with Crippen LogP contribution < -0.4 is 0 Å². The maximum Gasteiger partial charge on any atom is 0.338 e. The highest BCUT2D eigenvalue weighted by Gasteiger charge is 2.59. The number of carbonyl (C=O) groups is 4. The Kier molecular flexibility index (Phi) is 16.2. The molecule has 58 heavy (non-hydrogen) atoms. The number of rotatable bonds is 16. The molecule has 0 aliphatic rings. The van der Waals surface area contributed by atoms with E-state index in [1.807, 2.05) is 86.6 Å². The molecule has 0 saturated carbocycles. The van der Waals surface area contributed by atoms with Gasteiger partial charge in [-0.2, -0.15) is 0 Å². The maximum absolute atomic E-state index is 13.0. The Morgan fingerprint density at radius 3 is 1.03 bits per heavy atom. The highest BCUT2D eigenvalue weighted by molar-refractivity contribution is 5.92. The summed E-state index contributed by atoms with van der Waals surface area (Å²) in [7, 11) is 0. The number of benzene rings is 4. The first-order valence-corrected chi connectivity index (χ1v) is 20.4. The summed E-state index contributed by atoms with van der Waals surface area (Å²) in [6.07, 6.45) is 1.76. The largest absolute Gasteiger partial charge is 0.452 e. The standard InChI is InChI=1S/2C25H32O4/c1-7-25(19(4)18(2)3,29-23(27)21-16-12-9-13-17-21)24(5,6)28-22(26)20-14-10-8-11-15-20;1-7-23(3,4)25(8-2,29-22(27)20-17-13-10-14-18-20)24(5,6)28-21(26)19-15-11-9-12-16-19/h8-19H,7H2,1-6H3;9-18H,7-8H2,1-6H3. The third-order valence-corrected chi connectivity index (χ3v) is 12.0. The predicted molar refractivity (Wildman–Crippen MR) is 230 cm³/mol. The van der Waals surface area contributed by atoms with Gasteiger partial charge >= 0.3 is 23.9 Å². The maximum atomic E-state index is 13.0. The summed E-state index contributed by atoms with van der Waals surface area (Å²) in [6.45, 7) is 23.6. The third kappa shape index (κ3) is 10.6. The van der Waals surface area contributed by atoms with Crippen LogP contribution in [-0.4, -0.2) is 46.3 Å². The molecule has 8 heteroatoms. The fourth-order valence-electron chi connectivity index (χ4n) is 7.95. The minimum absolute atomic E-state index is 0.0428. The van der Waals surface area contributed by atoms with Crippen molar-refractivity contribution in [3.8, 4) is 0 Å². The summed E-state index contributed by atoms with van der Waals surface area (Å²) in [6, 6.07) is 35.6. The molecule has 4 aromatic rings. The van der Waals surface area contributed by atoms with Crippen LogP contribution in [-0.2, 0) is 18.9 Å². The molecule has 0 fully saturated rings. The van der Waals surface area contributed by atoms with E-state index in [4.69, 9.17) is 18.9 Å². The lowest BCUT2D eigenvalue weighted by Crippen LogP contribution is -2.63. The summed E-state index contributed by atoms with van der Waals surface area (Å²) in [5.41, 5.74) is -2.65. The number of esters is 4. The molecule has 0 bridgehead atoms. The van der Waals surface area contributed by atoms with Gasteiger partial charge in [0.15, 0.2) is 11.2 Å². The molecule has 0 aliphatic heterocycles. The van der Waals surface area contributed by atoms with E-state index >= 15 is 0 Å². The summed E-state index contributed by atoms with van der Waals surface area (Å²) < 4.78 is 24.4. The smallest absolute Gasteiger partial charge is 0.338 e. The van der Waals surface area contributed by atoms with Crippen molar-refractivity contribution in [1.82, 2.24) is 0 Å². The fraction of sp³-hybridized carbons (Fsp3) is 0.440. The summed E-state index contributed by atoms with van der Waals surface area (Å²) in [5, 5.41) is 0. The highest BCUT2D eigenvalue weighted by Crippen LogP contribution is 2.49. The third-order valence-electron chi connectivity index (χ3n) is 12.0. The van der Waals surface area contributed by atoms with Gasteiger partial charge in [0.25, 0.3) is 0 Å². The van der Waals surface area contributed by atoms with E-state index in [2.05, 4.69) is 20.8 Å². The van der Waals surface area contributed by atoms with Crippen LogP contribution in [0.15, 0.2) is 121 Å². The molecule has 0 aromatic heterocycles. The number of ether oxygens (including phenoxy) is 4. The zero-order valence-corrected chi connectivity index (χ0v) is 36.6. The van der Waals surface area contributed by atoms with Gasteiger partial charge in [-0.1, -0.05) is 128 Å². The Morgan fingerprint density at radius 2 is 0.741 bits per heavy atom. The second-order valence-electron chi connectivity index (χ2n) is 16.7. The van der Waals surface area contributed by atoms with Crippen LogP contribution in [0.1, 0.15) is 144 Å². The fourth-order valence-corrected chi connectivity index (χ4v) is 7.95. The van der Waals surface area contributed by atoms with Crippen molar-refractivity contribution in [1.29, 1.82) is 0 Å². The van der Waals surface area contributed by atoms with E-state index in [0.29, 0.717) is 35.1 Å². The molecule has 3 unspecified atom stereocenters. The van der Waals surface area contributed by atoms with Crippen molar-refractivity contribution >= 4 is 23.9 Å². The molecular formula is C50H64O8. The Morgan fingerprint density at radius 1 is 0.431 bits per heavy atom. The molecule has 3 atom stereocenters. The monoisotopic (exact) mass is 792 g/mol. The quantitative estimate of drug-likeness (QED) is 0.0816. The van der Waals surface area contributed by atoms with Crippen molar-refractivity contribution in [3.63, 3.8) is 0 Å². The van der Waals surface area contributed by atoms with Crippen LogP contribution in [0.2, 0.25) is 0 Å². The first-order chi connectivity index (χ1) is 27.2. The number of carbonyl (C=O) groups excluding carboxylic acids is 4. The summed E-state index contributed by atoms with van der Waals surface area (Å²) in [4.78, 5) is 51.6. The molecule has 0 saturated heterocycles. The Balaban J connectivity index is 0.000000310. The van der Waals surface area contributed by atoms with E-state index in [1.54, 1.807) is 97.1 Å². The molecule has 0 spiro atoms. The Bertz CT molecular complexity index is 1920. The van der Waals surface area contributed by atoms with Crippen LogP contribution in [0.4, 0.5) is 0 Å². The summed E-state index contributed by atoms with van der Waals surface area (Å²) in [5.74, 6) is -1.52. The van der Waals surface area contributed by atoms with Gasteiger partial charge in [-0.3, -0.25) is 0 Å². The van der Waals surface area contributed by atoms with Crippen molar-refractivity contribution in [2.24, 2.45) is 17.3 Å². The van der Waals surface area contributed by atoms with Crippen molar-refractivity contribution in [3.05, 3.63) is 144 Å². The van der Waals surface area contributed by atoms with Gasteiger partial charge in [-0.25, -0.2) is 19.2 Å². The van der Waals surface area contributed by atoms with Crippen LogP contribution in [0.25, 0.3) is 0 Å². The Labute approximate surface area is 346 Å². The van der Waals surface area contributed by atoms with Gasteiger partial charge in [-0.15, -0.1) is 0 Å². The van der Waals surface area contributed by atoms with Gasteiger partial charge in [-0.05, 0) is 101 Å². The SMILES string of the molecule is CCC(C)(C)C(CC)(OC(=O)c1ccccc1)C(C)(C)OC(=O)c1ccccc1.CCC(OC(=O)c1ccccc1)(C(C)C(C)C)C(C)(C)OC(=O)c1ccccc1. The molecule has 0 heterocycles. The van der Waals surface area contributed by atoms with Crippen LogP contribution in [0.3, 0.4) is 0 Å². The van der Waals surface area contributed by atoms with Crippen molar-refractivity contribution in [2.45, 2.75) is 125 Å². The molecule has 4 aromatic carbocycles. The molecule has 4 rings (SSSR count). The molecule has 0 aliphatic carbocycles. The van der Waals surface area contributed by atoms with Gasteiger partial charge in [0.05, 0.1) is 22.3 Å². The average molecular weight is 793 g/mol. The minimum Gasteiger partial charge on any atom is -0.452 e. The molecule has 312 valence electrons. The normalized spacial score (nSPS) is 14.4. The minimum atomic E-state index is -1.06. The first-order valence-electron chi connectivity index (χ1n) is 20.4. The van der Waals surface area contributed by atoms with Crippen LogP contribution in [0, 0.1) is 17.3 Å². The molecular weight excluding hydrogens is 729 g/mol. The lowest BCUT2D eigenvalue weighted by Gasteiger charge is -2.53. The van der Waals surface area contributed by atoms with E-state index in [0.717, 1.165) is 6.42 Å². The van der Waals surface area contributed by atoms with E-state index in [9.17, 15) is 19.2 Å². The van der Waals surface area contributed by atoms with E-state index in [-0.39, 0.29) is 11.8 Å². The topological polar surface area (TPSA) is 105 Å². The van der Waals surface area contributed by atoms with Crippen LogP contribution >= 0.6 is 0 Å². The average Bonchev–Trinajstić information content (AvgIpc) is 3.22. The molecule has 8 nitrogen and oxygen atoms in total. The lowest BCUT2D eigenvalue weighted by molar-refractivity contribution is -0.197. The first kappa shape index (κ1) is 47.1.